The molecule has 0 aliphatic rings. The first-order valence-corrected chi connectivity index (χ1v) is 6.24. The number of nitrogens with two attached hydrogens (primary N) is 1. The maximum absolute atomic E-state index is 13.8. The maximum atomic E-state index is 13.8. The third kappa shape index (κ3) is 4.57. The summed E-state index contributed by atoms with van der Waals surface area (Å²) in [6, 6.07) is -1.55. The number of hydrogen-bond acceptors (Lipinski definition) is 3. The van der Waals surface area contributed by atoms with E-state index in [1.165, 1.54) is 6.92 Å². The predicted octanol–water partition coefficient (Wildman–Crippen LogP) is 3.63. The van der Waals surface area contributed by atoms with E-state index in [9.17, 15) is 35.5 Å². The van der Waals surface area contributed by atoms with Gasteiger partial charge in [0.15, 0.2) is 0 Å². The first kappa shape index (κ1) is 19.2. The van der Waals surface area contributed by atoms with Crippen molar-refractivity contribution in [2.45, 2.75) is 31.5 Å². The standard InChI is InChI=1S/C13H12F7NO2/c1-2-23-11(22)9(14)10(21)7-4-3-6(12(15,16)17)5-8(7)13(18,19)20/h3-5,9-10H,2,21H2,1H3/t9?,10-/m0/s1. The van der Waals surface area contributed by atoms with E-state index >= 15 is 0 Å². The van der Waals surface area contributed by atoms with Crippen LogP contribution in [0.15, 0.2) is 18.2 Å². The van der Waals surface area contributed by atoms with Crippen LogP contribution in [0.2, 0.25) is 0 Å². The van der Waals surface area contributed by atoms with Gasteiger partial charge in [-0.15, -0.1) is 0 Å². The highest BCUT2D eigenvalue weighted by Gasteiger charge is 2.41. The minimum Gasteiger partial charge on any atom is -0.464 e. The summed E-state index contributed by atoms with van der Waals surface area (Å²) in [5.41, 5.74) is 0.982. The zero-order valence-corrected chi connectivity index (χ0v) is 11.6. The van der Waals surface area contributed by atoms with Gasteiger partial charge in [0.1, 0.15) is 0 Å². The molecule has 0 aromatic heterocycles. The van der Waals surface area contributed by atoms with Crippen molar-refractivity contribution >= 4 is 5.97 Å². The molecule has 1 aromatic carbocycles. The van der Waals surface area contributed by atoms with Crippen molar-refractivity contribution in [2.75, 3.05) is 6.61 Å². The average Bonchev–Trinajstić information content (AvgIpc) is 2.43. The summed E-state index contributed by atoms with van der Waals surface area (Å²) in [5.74, 6) is -1.49. The summed E-state index contributed by atoms with van der Waals surface area (Å²) in [7, 11) is 0. The highest BCUT2D eigenvalue weighted by atomic mass is 19.4. The van der Waals surface area contributed by atoms with Gasteiger partial charge in [-0.25, -0.2) is 9.18 Å². The van der Waals surface area contributed by atoms with Crippen LogP contribution in [-0.2, 0) is 21.9 Å². The van der Waals surface area contributed by atoms with Crippen LogP contribution in [0.1, 0.15) is 29.7 Å². The van der Waals surface area contributed by atoms with Crippen molar-refractivity contribution < 1.29 is 40.3 Å². The largest absolute Gasteiger partial charge is 0.464 e. The van der Waals surface area contributed by atoms with Gasteiger partial charge in [0.25, 0.3) is 0 Å². The van der Waals surface area contributed by atoms with Crippen LogP contribution in [-0.4, -0.2) is 18.7 Å². The smallest absolute Gasteiger partial charge is 0.416 e. The van der Waals surface area contributed by atoms with E-state index in [0.29, 0.717) is 12.1 Å². The van der Waals surface area contributed by atoms with Gasteiger partial charge in [-0.3, -0.25) is 0 Å². The Bertz CT molecular complexity index is 568. The van der Waals surface area contributed by atoms with Crippen LogP contribution in [0.25, 0.3) is 0 Å². The summed E-state index contributed by atoms with van der Waals surface area (Å²) >= 11 is 0. The average molecular weight is 347 g/mol. The second kappa shape index (κ2) is 6.73. The number of benzene rings is 1. The third-order valence-electron chi connectivity index (χ3n) is 2.87. The van der Waals surface area contributed by atoms with Gasteiger partial charge in [-0.1, -0.05) is 6.07 Å². The van der Waals surface area contributed by atoms with Crippen molar-refractivity contribution in [3.8, 4) is 0 Å². The molecule has 0 aliphatic heterocycles. The first-order valence-electron chi connectivity index (χ1n) is 6.24. The summed E-state index contributed by atoms with van der Waals surface area (Å²) in [6.45, 7) is 1.11. The molecule has 0 heterocycles. The van der Waals surface area contributed by atoms with Gasteiger partial charge in [0.2, 0.25) is 6.17 Å². The normalized spacial score (nSPS) is 15.2. The van der Waals surface area contributed by atoms with Gasteiger partial charge in [0.05, 0.1) is 23.8 Å². The van der Waals surface area contributed by atoms with Crippen molar-refractivity contribution in [2.24, 2.45) is 5.73 Å². The van der Waals surface area contributed by atoms with Crippen molar-refractivity contribution in [1.82, 2.24) is 0 Å². The zero-order chi connectivity index (χ0) is 18.0. The fourth-order valence-corrected chi connectivity index (χ4v) is 1.79. The van der Waals surface area contributed by atoms with Crippen LogP contribution in [0.4, 0.5) is 30.7 Å². The summed E-state index contributed by atoms with van der Waals surface area (Å²) < 4.78 is 94.4. The highest BCUT2D eigenvalue weighted by molar-refractivity contribution is 5.76. The molecular weight excluding hydrogens is 335 g/mol. The van der Waals surface area contributed by atoms with E-state index in [0.717, 1.165) is 0 Å². The minimum absolute atomic E-state index is 0.174. The molecular formula is C13H12F7NO2. The molecule has 3 nitrogen and oxygen atoms in total. The number of hydrogen-bond donors (Lipinski definition) is 1. The number of ether oxygens (including phenoxy) is 1. The van der Waals surface area contributed by atoms with Gasteiger partial charge < -0.3 is 10.5 Å². The molecule has 0 amide bonds. The fourth-order valence-electron chi connectivity index (χ4n) is 1.79. The van der Waals surface area contributed by atoms with E-state index in [1.54, 1.807) is 0 Å². The minimum atomic E-state index is -5.21. The monoisotopic (exact) mass is 347 g/mol. The molecule has 1 aromatic rings. The van der Waals surface area contributed by atoms with Gasteiger partial charge in [-0.2, -0.15) is 26.3 Å². The number of rotatable bonds is 4. The van der Waals surface area contributed by atoms with Crippen LogP contribution < -0.4 is 5.73 Å². The van der Waals surface area contributed by atoms with Gasteiger partial charge in [0, 0.05) is 0 Å². The lowest BCUT2D eigenvalue weighted by Gasteiger charge is -2.21. The van der Waals surface area contributed by atoms with E-state index in [2.05, 4.69) is 4.74 Å². The summed E-state index contributed by atoms with van der Waals surface area (Å²) in [5, 5.41) is 0. The molecule has 0 aliphatic carbocycles. The molecule has 10 heteroatoms. The lowest BCUT2D eigenvalue weighted by atomic mass is 9.95. The Morgan fingerprint density at radius 2 is 1.74 bits per heavy atom. The third-order valence-corrected chi connectivity index (χ3v) is 2.87. The maximum Gasteiger partial charge on any atom is 0.416 e. The lowest BCUT2D eigenvalue weighted by molar-refractivity contribution is -0.151. The van der Waals surface area contributed by atoms with Crippen molar-refractivity contribution in [3.05, 3.63) is 34.9 Å². The summed E-state index contributed by atoms with van der Waals surface area (Å²) in [4.78, 5) is 11.2. The molecule has 1 unspecified atom stereocenters. The highest BCUT2D eigenvalue weighted by Crippen LogP contribution is 2.39. The van der Waals surface area contributed by atoms with E-state index in [1.807, 2.05) is 0 Å². The summed E-state index contributed by atoms with van der Waals surface area (Å²) in [6.07, 6.45) is -12.9. The number of halogens is 7. The molecule has 0 radical (unpaired) electrons. The Hall–Kier alpha value is -1.84. The molecule has 0 bridgehead atoms. The first-order chi connectivity index (χ1) is 10.4. The molecule has 23 heavy (non-hydrogen) atoms. The van der Waals surface area contributed by atoms with E-state index in [4.69, 9.17) is 5.73 Å². The second-order valence-corrected chi connectivity index (χ2v) is 4.48. The topological polar surface area (TPSA) is 52.3 Å². The number of carbonyl (C=O) groups excluding carboxylic acids is 1. The molecule has 2 N–H and O–H groups in total. The van der Waals surface area contributed by atoms with Crippen LogP contribution in [0, 0.1) is 0 Å². The van der Waals surface area contributed by atoms with Crippen LogP contribution in [0.5, 0.6) is 0 Å². The zero-order valence-electron chi connectivity index (χ0n) is 11.6. The van der Waals surface area contributed by atoms with Gasteiger partial charge in [-0.05, 0) is 24.6 Å². The molecule has 2 atom stereocenters. The predicted molar refractivity (Wildman–Crippen MR) is 64.9 cm³/mol. The molecule has 0 spiro atoms. The number of alkyl halides is 7. The molecule has 0 fully saturated rings. The van der Waals surface area contributed by atoms with Crippen molar-refractivity contribution in [1.29, 1.82) is 0 Å². The Labute approximate surface area is 126 Å². The SMILES string of the molecule is CCOC(=O)C(F)[C@@H](N)c1ccc(C(F)(F)F)cc1C(F)(F)F. The Balaban J connectivity index is 3.33. The number of carbonyl (C=O) groups is 1. The molecule has 1 rings (SSSR count). The number of esters is 1. The van der Waals surface area contributed by atoms with Crippen LogP contribution >= 0.6 is 0 Å². The van der Waals surface area contributed by atoms with Crippen molar-refractivity contribution in [3.63, 3.8) is 0 Å². The Morgan fingerprint density at radius 1 is 1.17 bits per heavy atom. The molecule has 130 valence electrons. The van der Waals surface area contributed by atoms with Crippen LogP contribution in [0.3, 0.4) is 0 Å². The van der Waals surface area contributed by atoms with E-state index in [-0.39, 0.29) is 12.7 Å². The van der Waals surface area contributed by atoms with E-state index < -0.39 is 47.2 Å². The Morgan fingerprint density at radius 3 is 2.17 bits per heavy atom. The molecule has 0 saturated heterocycles. The lowest BCUT2D eigenvalue weighted by Crippen LogP contribution is -2.33. The Kier molecular flexibility index (Phi) is 5.62. The second-order valence-electron chi connectivity index (χ2n) is 4.48. The fraction of sp³-hybridized carbons (Fsp3) is 0.462. The quantitative estimate of drug-likeness (QED) is 0.669. The molecule has 0 saturated carbocycles. The van der Waals surface area contributed by atoms with Gasteiger partial charge >= 0.3 is 18.3 Å².